The Labute approximate surface area is 208 Å². The van der Waals surface area contributed by atoms with E-state index in [9.17, 15) is 9.59 Å². The number of halogens is 1. The first kappa shape index (κ1) is 23.4. The van der Waals surface area contributed by atoms with Gasteiger partial charge in [0.15, 0.2) is 5.16 Å². The highest BCUT2D eigenvalue weighted by molar-refractivity contribution is 7.98. The van der Waals surface area contributed by atoms with Gasteiger partial charge in [-0.1, -0.05) is 54.4 Å². The number of carbonyl (C=O) groups excluding carboxylic acids is 1. The van der Waals surface area contributed by atoms with Crippen LogP contribution in [0.1, 0.15) is 54.4 Å². The molecule has 1 amide bonds. The van der Waals surface area contributed by atoms with E-state index in [0.29, 0.717) is 38.9 Å². The largest absolute Gasteiger partial charge is 0.376 e. The van der Waals surface area contributed by atoms with Crippen LogP contribution >= 0.6 is 23.4 Å². The molecule has 34 heavy (non-hydrogen) atoms. The highest BCUT2D eigenvalue weighted by Crippen LogP contribution is 2.27. The van der Waals surface area contributed by atoms with Gasteiger partial charge in [-0.25, -0.2) is 4.98 Å². The molecule has 0 radical (unpaired) electrons. The molecular formula is C26H28ClN3O3S. The number of thioether (sulfide) groups is 1. The molecule has 0 spiro atoms. The van der Waals surface area contributed by atoms with Gasteiger partial charge in [-0.2, -0.15) is 0 Å². The summed E-state index contributed by atoms with van der Waals surface area (Å²) in [6, 6.07) is 13.1. The van der Waals surface area contributed by atoms with E-state index in [2.05, 4.69) is 5.32 Å². The number of benzene rings is 2. The topological polar surface area (TPSA) is 73.2 Å². The molecule has 3 aromatic rings. The van der Waals surface area contributed by atoms with Crippen molar-refractivity contribution >= 4 is 40.2 Å². The predicted molar refractivity (Wildman–Crippen MR) is 136 cm³/mol. The number of carbonyl (C=O) groups is 1. The zero-order valence-corrected chi connectivity index (χ0v) is 20.5. The van der Waals surface area contributed by atoms with Crippen LogP contribution < -0.4 is 10.9 Å². The summed E-state index contributed by atoms with van der Waals surface area (Å²) in [7, 11) is 0. The summed E-state index contributed by atoms with van der Waals surface area (Å²) < 4.78 is 7.52. The lowest BCUT2D eigenvalue weighted by atomic mass is 10.1. The summed E-state index contributed by atoms with van der Waals surface area (Å²) in [5.41, 5.74) is 1.95. The molecule has 2 heterocycles. The van der Waals surface area contributed by atoms with Gasteiger partial charge in [-0.15, -0.1) is 0 Å². The molecule has 1 saturated heterocycles. The molecule has 0 unspecified atom stereocenters. The minimum Gasteiger partial charge on any atom is -0.376 e. The summed E-state index contributed by atoms with van der Waals surface area (Å²) >= 11 is 7.83. The van der Waals surface area contributed by atoms with Gasteiger partial charge < -0.3 is 10.1 Å². The van der Waals surface area contributed by atoms with E-state index in [1.807, 2.05) is 24.3 Å². The van der Waals surface area contributed by atoms with Gasteiger partial charge in [0, 0.05) is 29.0 Å². The molecule has 1 aromatic heterocycles. The lowest BCUT2D eigenvalue weighted by Crippen LogP contribution is -2.32. The SMILES string of the molecule is O=C(NC1CCCC1)c1ccc2c(=O)n(C[C@@H]3CCCO3)c(SCc3ccccc3Cl)nc2c1. The van der Waals surface area contributed by atoms with Gasteiger partial charge in [0.25, 0.3) is 11.5 Å². The summed E-state index contributed by atoms with van der Waals surface area (Å²) in [5, 5.41) is 4.93. The molecule has 1 N–H and O–H groups in total. The second kappa shape index (κ2) is 10.5. The van der Waals surface area contributed by atoms with E-state index in [-0.39, 0.29) is 23.6 Å². The normalized spacial score (nSPS) is 18.6. The van der Waals surface area contributed by atoms with Gasteiger partial charge >= 0.3 is 0 Å². The molecule has 6 nitrogen and oxygen atoms in total. The smallest absolute Gasteiger partial charge is 0.262 e. The maximum absolute atomic E-state index is 13.5. The Morgan fingerprint density at radius 1 is 1.15 bits per heavy atom. The summed E-state index contributed by atoms with van der Waals surface area (Å²) in [6.45, 7) is 1.19. The monoisotopic (exact) mass is 497 g/mol. The fourth-order valence-electron chi connectivity index (χ4n) is 4.70. The maximum atomic E-state index is 13.5. The first-order chi connectivity index (χ1) is 16.6. The summed E-state index contributed by atoms with van der Waals surface area (Å²) in [6.07, 6.45) is 6.29. The fraction of sp³-hybridized carbons (Fsp3) is 0.423. The van der Waals surface area contributed by atoms with Crippen LogP contribution in [0.25, 0.3) is 10.9 Å². The van der Waals surface area contributed by atoms with Crippen LogP contribution in [0.4, 0.5) is 0 Å². The lowest BCUT2D eigenvalue weighted by molar-refractivity contribution is 0.0935. The molecule has 178 valence electrons. The minimum absolute atomic E-state index is 0.00748. The van der Waals surface area contributed by atoms with E-state index < -0.39 is 0 Å². The molecule has 2 aliphatic rings. The lowest BCUT2D eigenvalue weighted by Gasteiger charge is -2.17. The van der Waals surface area contributed by atoms with Crippen molar-refractivity contribution in [2.24, 2.45) is 0 Å². The molecule has 2 aromatic carbocycles. The van der Waals surface area contributed by atoms with Crippen molar-refractivity contribution in [1.29, 1.82) is 0 Å². The highest BCUT2D eigenvalue weighted by Gasteiger charge is 2.22. The van der Waals surface area contributed by atoms with Gasteiger partial charge in [0.1, 0.15) is 0 Å². The van der Waals surface area contributed by atoms with Crippen LogP contribution in [-0.4, -0.2) is 34.2 Å². The Morgan fingerprint density at radius 2 is 1.97 bits per heavy atom. The Kier molecular flexibility index (Phi) is 7.23. The Bertz CT molecular complexity index is 1250. The highest BCUT2D eigenvalue weighted by atomic mass is 35.5. The molecule has 2 fully saturated rings. The Morgan fingerprint density at radius 3 is 2.74 bits per heavy atom. The third-order valence-electron chi connectivity index (χ3n) is 6.60. The van der Waals surface area contributed by atoms with Gasteiger partial charge in [-0.05, 0) is 55.5 Å². The van der Waals surface area contributed by atoms with E-state index >= 15 is 0 Å². The zero-order chi connectivity index (χ0) is 23.5. The van der Waals surface area contributed by atoms with Crippen molar-refractivity contribution in [3.8, 4) is 0 Å². The number of amides is 1. The number of ether oxygens (including phenoxy) is 1. The second-order valence-corrected chi connectivity index (χ2v) is 10.4. The number of aromatic nitrogens is 2. The quantitative estimate of drug-likeness (QED) is 0.359. The van der Waals surface area contributed by atoms with Crippen molar-refractivity contribution < 1.29 is 9.53 Å². The third-order valence-corrected chi connectivity index (χ3v) is 7.99. The third kappa shape index (κ3) is 5.16. The van der Waals surface area contributed by atoms with Crippen molar-refractivity contribution in [3.05, 3.63) is 69.0 Å². The van der Waals surface area contributed by atoms with Crippen molar-refractivity contribution in [3.63, 3.8) is 0 Å². The fourth-order valence-corrected chi connectivity index (χ4v) is 6.00. The van der Waals surface area contributed by atoms with Crippen LogP contribution in [0.15, 0.2) is 52.4 Å². The van der Waals surface area contributed by atoms with Crippen LogP contribution in [0.3, 0.4) is 0 Å². The molecular weight excluding hydrogens is 470 g/mol. The van der Waals surface area contributed by atoms with E-state index in [1.54, 1.807) is 22.8 Å². The standard InChI is InChI=1S/C26H28ClN3O3S/c27-22-10-4-1-6-18(22)16-34-26-29-23-14-17(24(31)28-19-7-2-3-8-19)11-12-21(23)25(32)30(26)15-20-9-5-13-33-20/h1,4,6,10-12,14,19-20H,2-3,5,7-9,13,15-16H2,(H,28,31)/t20-/m0/s1. The maximum Gasteiger partial charge on any atom is 0.262 e. The number of rotatable bonds is 7. The Balaban J connectivity index is 1.48. The Hall–Kier alpha value is -2.35. The molecule has 5 rings (SSSR count). The van der Waals surface area contributed by atoms with Crippen LogP contribution in [-0.2, 0) is 17.0 Å². The number of nitrogens with one attached hydrogen (secondary N) is 1. The van der Waals surface area contributed by atoms with Gasteiger partial charge in [0.2, 0.25) is 0 Å². The van der Waals surface area contributed by atoms with Gasteiger partial charge in [0.05, 0.1) is 23.6 Å². The number of hydrogen-bond donors (Lipinski definition) is 1. The number of fused-ring (bicyclic) bond motifs is 1. The van der Waals surface area contributed by atoms with E-state index in [0.717, 1.165) is 50.7 Å². The van der Waals surface area contributed by atoms with Crippen LogP contribution in [0.5, 0.6) is 0 Å². The predicted octanol–water partition coefficient (Wildman–Crippen LogP) is 5.19. The number of hydrogen-bond acceptors (Lipinski definition) is 5. The van der Waals surface area contributed by atoms with E-state index in [1.165, 1.54) is 11.8 Å². The van der Waals surface area contributed by atoms with Crippen molar-refractivity contribution in [2.75, 3.05) is 6.61 Å². The molecule has 1 aliphatic heterocycles. The summed E-state index contributed by atoms with van der Waals surface area (Å²) in [5.74, 6) is 0.481. The minimum atomic E-state index is -0.107. The average molecular weight is 498 g/mol. The molecule has 1 saturated carbocycles. The molecule has 1 atom stereocenters. The average Bonchev–Trinajstić information content (AvgIpc) is 3.55. The zero-order valence-electron chi connectivity index (χ0n) is 19.0. The molecule has 0 bridgehead atoms. The van der Waals surface area contributed by atoms with Crippen LogP contribution in [0.2, 0.25) is 5.02 Å². The van der Waals surface area contributed by atoms with Crippen LogP contribution in [0, 0.1) is 0 Å². The van der Waals surface area contributed by atoms with Crippen molar-refractivity contribution in [2.45, 2.75) is 68.1 Å². The molecule has 1 aliphatic carbocycles. The van der Waals surface area contributed by atoms with Crippen molar-refractivity contribution in [1.82, 2.24) is 14.9 Å². The number of nitrogens with zero attached hydrogens (tertiary/aromatic N) is 2. The first-order valence-corrected chi connectivity index (χ1v) is 13.3. The summed E-state index contributed by atoms with van der Waals surface area (Å²) in [4.78, 5) is 31.1. The van der Waals surface area contributed by atoms with E-state index in [4.69, 9.17) is 21.3 Å². The molecule has 8 heteroatoms. The first-order valence-electron chi connectivity index (χ1n) is 11.9. The second-order valence-electron chi connectivity index (χ2n) is 9.01. The van der Waals surface area contributed by atoms with Gasteiger partial charge in [-0.3, -0.25) is 14.2 Å².